The molecule has 26 heavy (non-hydrogen) atoms. The van der Waals surface area contributed by atoms with E-state index in [1.54, 1.807) is 0 Å². The van der Waals surface area contributed by atoms with Gasteiger partial charge in [-0.3, -0.25) is 4.79 Å². The number of nitrogens with zero attached hydrogens (tertiary/aromatic N) is 5. The molecule has 4 rings (SSSR count). The van der Waals surface area contributed by atoms with Crippen LogP contribution in [-0.4, -0.2) is 25.5 Å². The maximum Gasteiger partial charge on any atom is 0.300 e. The Hall–Kier alpha value is -3.54. The van der Waals surface area contributed by atoms with Crippen molar-refractivity contribution >= 4 is 11.7 Å². The van der Waals surface area contributed by atoms with Crippen LogP contribution >= 0.6 is 0 Å². The highest BCUT2D eigenvalue weighted by molar-refractivity contribution is 5.97. The SMILES string of the molecule is N#Cc1cnn(C(=O)c2nn(-c3ccc(F)c(F)c3)c3c2CCC3)c1N. The summed E-state index contributed by atoms with van der Waals surface area (Å²) in [6.45, 7) is 0. The van der Waals surface area contributed by atoms with Gasteiger partial charge < -0.3 is 5.73 Å². The Morgan fingerprint density at radius 2 is 2.08 bits per heavy atom. The summed E-state index contributed by atoms with van der Waals surface area (Å²) in [5, 5.41) is 17.1. The van der Waals surface area contributed by atoms with Crippen molar-refractivity contribution < 1.29 is 13.6 Å². The lowest BCUT2D eigenvalue weighted by atomic mass is 10.2. The largest absolute Gasteiger partial charge is 0.382 e. The molecule has 1 aliphatic carbocycles. The van der Waals surface area contributed by atoms with Crippen molar-refractivity contribution in [1.82, 2.24) is 19.6 Å². The Morgan fingerprint density at radius 3 is 2.77 bits per heavy atom. The first kappa shape index (κ1) is 16.0. The minimum Gasteiger partial charge on any atom is -0.382 e. The van der Waals surface area contributed by atoms with Crippen LogP contribution in [-0.2, 0) is 12.8 Å². The van der Waals surface area contributed by atoms with Gasteiger partial charge in [-0.1, -0.05) is 0 Å². The molecule has 0 unspecified atom stereocenters. The quantitative estimate of drug-likeness (QED) is 0.758. The molecule has 0 amide bonds. The predicted octanol–water partition coefficient (Wildman–Crippen LogP) is 1.98. The second kappa shape index (κ2) is 5.77. The second-order valence-electron chi connectivity index (χ2n) is 5.91. The Balaban J connectivity index is 1.83. The van der Waals surface area contributed by atoms with Crippen LogP contribution in [0.25, 0.3) is 5.69 Å². The van der Waals surface area contributed by atoms with Gasteiger partial charge in [0, 0.05) is 17.3 Å². The molecule has 3 aromatic rings. The van der Waals surface area contributed by atoms with Crippen molar-refractivity contribution in [1.29, 1.82) is 5.26 Å². The number of rotatable bonds is 2. The van der Waals surface area contributed by atoms with Gasteiger partial charge in [0.2, 0.25) is 0 Å². The van der Waals surface area contributed by atoms with Crippen molar-refractivity contribution in [2.75, 3.05) is 5.73 Å². The van der Waals surface area contributed by atoms with Gasteiger partial charge in [0.1, 0.15) is 17.5 Å². The molecule has 0 fully saturated rings. The van der Waals surface area contributed by atoms with Crippen LogP contribution in [0, 0.1) is 23.0 Å². The lowest BCUT2D eigenvalue weighted by molar-refractivity contribution is 0.0941. The van der Waals surface area contributed by atoms with Crippen LogP contribution in [0.15, 0.2) is 24.4 Å². The van der Waals surface area contributed by atoms with Crippen molar-refractivity contribution in [3.05, 3.63) is 58.5 Å². The average Bonchev–Trinajstić information content (AvgIpc) is 3.31. The predicted molar refractivity (Wildman–Crippen MR) is 86.6 cm³/mol. The molecule has 2 aromatic heterocycles. The number of carbonyl (C=O) groups is 1. The first-order valence-electron chi connectivity index (χ1n) is 7.85. The van der Waals surface area contributed by atoms with Crippen molar-refractivity contribution in [2.24, 2.45) is 0 Å². The zero-order valence-electron chi connectivity index (χ0n) is 13.4. The molecule has 0 atom stereocenters. The number of carbonyl (C=O) groups excluding carboxylic acids is 1. The van der Waals surface area contributed by atoms with Gasteiger partial charge in [0.25, 0.3) is 0 Å². The Labute approximate surface area is 146 Å². The van der Waals surface area contributed by atoms with Gasteiger partial charge in [-0.15, -0.1) is 0 Å². The third-order valence-corrected chi connectivity index (χ3v) is 4.40. The van der Waals surface area contributed by atoms with Crippen LogP contribution in [0.2, 0.25) is 0 Å². The maximum absolute atomic E-state index is 13.6. The van der Waals surface area contributed by atoms with E-state index in [2.05, 4.69) is 10.2 Å². The zero-order chi connectivity index (χ0) is 18.4. The summed E-state index contributed by atoms with van der Waals surface area (Å²) in [7, 11) is 0. The lowest BCUT2D eigenvalue weighted by Gasteiger charge is -2.06. The molecule has 0 bridgehead atoms. The number of hydrogen-bond acceptors (Lipinski definition) is 5. The van der Waals surface area contributed by atoms with E-state index in [0.29, 0.717) is 18.5 Å². The number of hydrogen-bond donors (Lipinski definition) is 1. The molecule has 2 heterocycles. The molecule has 0 aliphatic heterocycles. The van der Waals surface area contributed by atoms with Gasteiger partial charge >= 0.3 is 5.91 Å². The van der Waals surface area contributed by atoms with Crippen LogP contribution in [0.1, 0.15) is 33.7 Å². The molecule has 1 aliphatic rings. The van der Waals surface area contributed by atoms with E-state index in [-0.39, 0.29) is 17.1 Å². The van der Waals surface area contributed by atoms with E-state index in [0.717, 1.165) is 34.5 Å². The summed E-state index contributed by atoms with van der Waals surface area (Å²) >= 11 is 0. The van der Waals surface area contributed by atoms with Gasteiger partial charge in [0.05, 0.1) is 11.9 Å². The minimum atomic E-state index is -0.993. The molecule has 0 radical (unpaired) electrons. The van der Waals surface area contributed by atoms with E-state index < -0.39 is 17.5 Å². The highest BCUT2D eigenvalue weighted by Crippen LogP contribution is 2.29. The molecule has 130 valence electrons. The second-order valence-corrected chi connectivity index (χ2v) is 5.91. The molecular weight excluding hydrogens is 342 g/mol. The number of fused-ring (bicyclic) bond motifs is 1. The average molecular weight is 354 g/mol. The number of benzene rings is 1. The van der Waals surface area contributed by atoms with Crippen LogP contribution in [0.3, 0.4) is 0 Å². The summed E-state index contributed by atoms with van der Waals surface area (Å²) in [6.07, 6.45) is 3.31. The van der Waals surface area contributed by atoms with E-state index in [9.17, 15) is 13.6 Å². The summed E-state index contributed by atoms with van der Waals surface area (Å²) in [4.78, 5) is 12.8. The normalized spacial score (nSPS) is 12.8. The van der Waals surface area contributed by atoms with E-state index in [1.165, 1.54) is 16.9 Å². The Bertz CT molecular complexity index is 1090. The standard InChI is InChI=1S/C17H12F2N6O/c18-12-5-4-10(6-13(12)19)24-14-3-1-2-11(14)15(23-24)17(26)25-16(21)9(7-20)8-22-25/h4-6,8H,1-3,21H2. The third-order valence-electron chi connectivity index (χ3n) is 4.40. The summed E-state index contributed by atoms with van der Waals surface area (Å²) in [5.74, 6) is -2.58. The van der Waals surface area contributed by atoms with Crippen molar-refractivity contribution in [2.45, 2.75) is 19.3 Å². The first-order valence-corrected chi connectivity index (χ1v) is 7.85. The number of nitrogens with two attached hydrogens (primary N) is 1. The Morgan fingerprint density at radius 1 is 1.27 bits per heavy atom. The van der Waals surface area contributed by atoms with Crippen LogP contribution in [0.4, 0.5) is 14.6 Å². The number of anilines is 1. The van der Waals surface area contributed by atoms with Crippen molar-refractivity contribution in [3.63, 3.8) is 0 Å². The summed E-state index contributed by atoms with van der Waals surface area (Å²) in [5.41, 5.74) is 7.84. The van der Waals surface area contributed by atoms with Crippen LogP contribution < -0.4 is 5.73 Å². The fourth-order valence-corrected chi connectivity index (χ4v) is 3.15. The lowest BCUT2D eigenvalue weighted by Crippen LogP contribution is -2.18. The monoisotopic (exact) mass is 354 g/mol. The minimum absolute atomic E-state index is 0.0633. The molecule has 2 N–H and O–H groups in total. The molecule has 1 aromatic carbocycles. The molecule has 7 nitrogen and oxygen atoms in total. The van der Waals surface area contributed by atoms with E-state index in [1.807, 2.05) is 6.07 Å². The molecule has 0 saturated carbocycles. The molecule has 9 heteroatoms. The van der Waals surface area contributed by atoms with Crippen LogP contribution in [0.5, 0.6) is 0 Å². The van der Waals surface area contributed by atoms with Crippen molar-refractivity contribution in [3.8, 4) is 11.8 Å². The van der Waals surface area contributed by atoms with Gasteiger partial charge in [-0.2, -0.15) is 20.1 Å². The summed E-state index contributed by atoms with van der Waals surface area (Å²) < 4.78 is 29.2. The number of halogens is 2. The number of aromatic nitrogens is 4. The van der Waals surface area contributed by atoms with E-state index in [4.69, 9.17) is 11.0 Å². The number of nitriles is 1. The maximum atomic E-state index is 13.6. The smallest absolute Gasteiger partial charge is 0.300 e. The Kier molecular flexibility index (Phi) is 3.54. The topological polar surface area (TPSA) is 103 Å². The summed E-state index contributed by atoms with van der Waals surface area (Å²) in [6, 6.07) is 5.30. The third kappa shape index (κ3) is 2.27. The van der Waals surface area contributed by atoms with Gasteiger partial charge in [-0.25, -0.2) is 13.5 Å². The number of nitrogen functional groups attached to an aromatic ring is 1. The van der Waals surface area contributed by atoms with Gasteiger partial charge in [-0.05, 0) is 31.4 Å². The first-order chi connectivity index (χ1) is 12.5. The van der Waals surface area contributed by atoms with E-state index >= 15 is 0 Å². The fourth-order valence-electron chi connectivity index (χ4n) is 3.15. The molecule has 0 saturated heterocycles. The molecule has 0 spiro atoms. The van der Waals surface area contributed by atoms with Gasteiger partial charge in [0.15, 0.2) is 17.3 Å². The highest BCUT2D eigenvalue weighted by Gasteiger charge is 2.29. The highest BCUT2D eigenvalue weighted by atomic mass is 19.2. The fraction of sp³-hybridized carbons (Fsp3) is 0.176. The zero-order valence-corrected chi connectivity index (χ0v) is 13.4. The molecular formula is C17H12F2N6O.